The van der Waals surface area contributed by atoms with Crippen molar-refractivity contribution in [1.82, 2.24) is 0 Å². The number of ketones is 1. The summed E-state index contributed by atoms with van der Waals surface area (Å²) in [5.74, 6) is -0.150. The molecule has 3 heteroatoms. The van der Waals surface area contributed by atoms with Gasteiger partial charge in [-0.1, -0.05) is 18.7 Å². The molecule has 0 atom stereocenters. The molecule has 0 aliphatic heterocycles. The van der Waals surface area contributed by atoms with Crippen LogP contribution in [0.25, 0.3) is 0 Å². The van der Waals surface area contributed by atoms with Crippen LogP contribution in [0.3, 0.4) is 0 Å². The number of rotatable bonds is 3. The van der Waals surface area contributed by atoms with Crippen molar-refractivity contribution in [2.75, 3.05) is 0 Å². The number of allylic oxidation sites excluding steroid dienone is 1. The predicted octanol–water partition coefficient (Wildman–Crippen LogP) is 2.58. The third-order valence-corrected chi connectivity index (χ3v) is 1.79. The Morgan fingerprint density at radius 1 is 1.07 bits per heavy atom. The molecule has 0 aliphatic carbocycles. The van der Waals surface area contributed by atoms with Crippen LogP contribution in [0.5, 0.6) is 0 Å². The Labute approximate surface area is 88.4 Å². The average molecular weight is 204 g/mol. The summed E-state index contributed by atoms with van der Waals surface area (Å²) in [5, 5.41) is 0. The van der Waals surface area contributed by atoms with E-state index in [0.717, 1.165) is 0 Å². The monoisotopic (exact) mass is 204 g/mol. The van der Waals surface area contributed by atoms with Crippen molar-refractivity contribution in [3.05, 3.63) is 47.7 Å². The van der Waals surface area contributed by atoms with Gasteiger partial charge in [0.1, 0.15) is 0 Å². The highest BCUT2D eigenvalue weighted by molar-refractivity contribution is 5.96. The second-order valence-electron chi connectivity index (χ2n) is 3.23. The van der Waals surface area contributed by atoms with Gasteiger partial charge >= 0.3 is 5.97 Å². The molecule has 1 aromatic rings. The smallest absolute Gasteiger partial charge is 0.343 e. The van der Waals surface area contributed by atoms with E-state index in [9.17, 15) is 9.59 Å². The van der Waals surface area contributed by atoms with Gasteiger partial charge in [0.25, 0.3) is 0 Å². The van der Waals surface area contributed by atoms with Crippen LogP contribution in [0, 0.1) is 0 Å². The predicted molar refractivity (Wildman–Crippen MR) is 56.7 cm³/mol. The van der Waals surface area contributed by atoms with Crippen molar-refractivity contribution in [3.63, 3.8) is 0 Å². The largest absolute Gasteiger partial charge is 0.428 e. The molecular formula is C12H12O3. The van der Waals surface area contributed by atoms with Crippen LogP contribution in [0.1, 0.15) is 34.6 Å². The maximum Gasteiger partial charge on any atom is 0.343 e. The zero-order valence-corrected chi connectivity index (χ0v) is 8.74. The van der Waals surface area contributed by atoms with Gasteiger partial charge in [-0.3, -0.25) is 4.79 Å². The lowest BCUT2D eigenvalue weighted by molar-refractivity contribution is 0.0627. The Morgan fingerprint density at radius 2 is 1.53 bits per heavy atom. The SMILES string of the molecule is C=C(C)OC(=O)c1ccc(C(C)=O)cc1. The van der Waals surface area contributed by atoms with Crippen molar-refractivity contribution in [2.24, 2.45) is 0 Å². The molecule has 78 valence electrons. The van der Waals surface area contributed by atoms with Gasteiger partial charge in [-0.2, -0.15) is 0 Å². The van der Waals surface area contributed by atoms with E-state index in [0.29, 0.717) is 16.9 Å². The van der Waals surface area contributed by atoms with Gasteiger partial charge in [-0.05, 0) is 26.0 Å². The maximum atomic E-state index is 11.4. The van der Waals surface area contributed by atoms with Crippen LogP contribution < -0.4 is 0 Å². The van der Waals surface area contributed by atoms with Gasteiger partial charge < -0.3 is 4.74 Å². The Kier molecular flexibility index (Phi) is 3.39. The molecule has 1 rings (SSSR count). The van der Waals surface area contributed by atoms with Gasteiger partial charge in [-0.15, -0.1) is 0 Å². The van der Waals surface area contributed by atoms with Gasteiger partial charge in [0, 0.05) is 5.56 Å². The molecule has 0 fully saturated rings. The number of esters is 1. The van der Waals surface area contributed by atoms with Crippen molar-refractivity contribution in [2.45, 2.75) is 13.8 Å². The lowest BCUT2D eigenvalue weighted by Gasteiger charge is -2.03. The van der Waals surface area contributed by atoms with Crippen molar-refractivity contribution >= 4 is 11.8 Å². The van der Waals surface area contributed by atoms with E-state index in [1.807, 2.05) is 0 Å². The minimum Gasteiger partial charge on any atom is -0.428 e. The molecule has 0 amide bonds. The molecule has 0 aromatic heterocycles. The number of ether oxygens (including phenoxy) is 1. The topological polar surface area (TPSA) is 43.4 Å². The molecule has 0 saturated heterocycles. The summed E-state index contributed by atoms with van der Waals surface area (Å²) in [6.07, 6.45) is 0. The number of Topliss-reactive ketones (excluding diaryl/α,β-unsaturated/α-hetero) is 1. The summed E-state index contributed by atoms with van der Waals surface area (Å²) in [6.45, 7) is 6.54. The van der Waals surface area contributed by atoms with Crippen LogP contribution in [-0.4, -0.2) is 11.8 Å². The number of benzene rings is 1. The minimum absolute atomic E-state index is 0.0326. The highest BCUT2D eigenvalue weighted by Crippen LogP contribution is 2.08. The van der Waals surface area contributed by atoms with Crippen molar-refractivity contribution < 1.29 is 14.3 Å². The lowest BCUT2D eigenvalue weighted by Crippen LogP contribution is -2.03. The normalized spacial score (nSPS) is 9.47. The number of hydrogen-bond donors (Lipinski definition) is 0. The van der Waals surface area contributed by atoms with E-state index in [-0.39, 0.29) is 5.78 Å². The molecule has 0 unspecified atom stereocenters. The molecule has 15 heavy (non-hydrogen) atoms. The number of hydrogen-bond acceptors (Lipinski definition) is 3. The van der Waals surface area contributed by atoms with Gasteiger partial charge in [0.15, 0.2) is 5.78 Å². The summed E-state index contributed by atoms with van der Waals surface area (Å²) in [7, 11) is 0. The lowest BCUT2D eigenvalue weighted by atomic mass is 10.1. The summed E-state index contributed by atoms with van der Waals surface area (Å²) >= 11 is 0. The molecular weight excluding hydrogens is 192 g/mol. The molecule has 0 spiro atoms. The summed E-state index contributed by atoms with van der Waals surface area (Å²) < 4.78 is 4.82. The number of carbonyl (C=O) groups excluding carboxylic acids is 2. The molecule has 1 aromatic carbocycles. The van der Waals surface area contributed by atoms with E-state index in [1.165, 1.54) is 6.92 Å². The second-order valence-corrected chi connectivity index (χ2v) is 3.23. The Bertz CT molecular complexity index is 401. The first-order valence-electron chi connectivity index (χ1n) is 4.49. The minimum atomic E-state index is -0.461. The third-order valence-electron chi connectivity index (χ3n) is 1.79. The van der Waals surface area contributed by atoms with Crippen LogP contribution in [-0.2, 0) is 4.74 Å². The van der Waals surface area contributed by atoms with E-state index in [2.05, 4.69) is 6.58 Å². The van der Waals surface area contributed by atoms with Gasteiger partial charge in [-0.25, -0.2) is 4.79 Å². The Morgan fingerprint density at radius 3 is 1.93 bits per heavy atom. The molecule has 0 aliphatic rings. The fourth-order valence-corrected chi connectivity index (χ4v) is 1.06. The zero-order chi connectivity index (χ0) is 11.4. The van der Waals surface area contributed by atoms with Crippen LogP contribution in [0.4, 0.5) is 0 Å². The molecule has 0 radical (unpaired) electrons. The maximum absolute atomic E-state index is 11.4. The van der Waals surface area contributed by atoms with E-state index in [1.54, 1.807) is 31.2 Å². The highest BCUT2D eigenvalue weighted by atomic mass is 16.5. The first-order chi connectivity index (χ1) is 7.00. The van der Waals surface area contributed by atoms with E-state index >= 15 is 0 Å². The van der Waals surface area contributed by atoms with Gasteiger partial charge in [0.2, 0.25) is 0 Å². The van der Waals surface area contributed by atoms with E-state index < -0.39 is 5.97 Å². The fraction of sp³-hybridized carbons (Fsp3) is 0.167. The van der Waals surface area contributed by atoms with Crippen LogP contribution in [0.2, 0.25) is 0 Å². The summed E-state index contributed by atoms with van der Waals surface area (Å²) in [4.78, 5) is 22.3. The summed E-state index contributed by atoms with van der Waals surface area (Å²) in [6, 6.07) is 6.30. The van der Waals surface area contributed by atoms with Crippen molar-refractivity contribution in [1.29, 1.82) is 0 Å². The fourth-order valence-electron chi connectivity index (χ4n) is 1.06. The molecule has 0 bridgehead atoms. The second kappa shape index (κ2) is 4.55. The van der Waals surface area contributed by atoms with Crippen LogP contribution in [0.15, 0.2) is 36.6 Å². The quantitative estimate of drug-likeness (QED) is 0.431. The van der Waals surface area contributed by atoms with E-state index in [4.69, 9.17) is 4.74 Å². The standard InChI is InChI=1S/C12H12O3/c1-8(2)15-12(14)11-6-4-10(5-7-11)9(3)13/h4-7H,1H2,2-3H3. The molecule has 0 heterocycles. The summed E-state index contributed by atoms with van der Waals surface area (Å²) in [5.41, 5.74) is 0.977. The molecule has 3 nitrogen and oxygen atoms in total. The van der Waals surface area contributed by atoms with Crippen molar-refractivity contribution in [3.8, 4) is 0 Å². The zero-order valence-electron chi connectivity index (χ0n) is 8.74. The highest BCUT2D eigenvalue weighted by Gasteiger charge is 2.07. The van der Waals surface area contributed by atoms with Crippen LogP contribution >= 0.6 is 0 Å². The average Bonchev–Trinajstić information content (AvgIpc) is 2.17. The third kappa shape index (κ3) is 3.06. The first-order valence-corrected chi connectivity index (χ1v) is 4.49. The van der Waals surface area contributed by atoms with Gasteiger partial charge in [0.05, 0.1) is 11.3 Å². The Balaban J connectivity index is 2.84. The molecule has 0 saturated carbocycles. The Hall–Kier alpha value is -1.90. The molecule has 0 N–H and O–H groups in total. The number of carbonyl (C=O) groups is 2. The first kappa shape index (κ1) is 11.2.